The predicted octanol–water partition coefficient (Wildman–Crippen LogP) is 5.77. The van der Waals surface area contributed by atoms with Crippen molar-refractivity contribution in [2.75, 3.05) is 6.61 Å². The maximum absolute atomic E-state index is 13.5. The summed E-state index contributed by atoms with van der Waals surface area (Å²) in [6.07, 6.45) is -1.03. The van der Waals surface area contributed by atoms with Gasteiger partial charge in [0.15, 0.2) is 0 Å². The maximum Gasteiger partial charge on any atom is 0.417 e. The summed E-state index contributed by atoms with van der Waals surface area (Å²) in [6.45, 7) is -0.0247. The Kier molecular flexibility index (Phi) is 6.81. The number of ether oxygens (including phenoxy) is 1. The number of carboxylic acids is 1. The van der Waals surface area contributed by atoms with Crippen molar-refractivity contribution in [3.8, 4) is 11.1 Å². The van der Waals surface area contributed by atoms with Crippen LogP contribution in [0.4, 0.5) is 4.79 Å². The van der Waals surface area contributed by atoms with E-state index >= 15 is 0 Å². The van der Waals surface area contributed by atoms with Crippen molar-refractivity contribution >= 4 is 18.0 Å². The predicted molar refractivity (Wildman–Crippen MR) is 139 cm³/mol. The number of amides is 2. The molecule has 0 heterocycles. The van der Waals surface area contributed by atoms with E-state index in [1.165, 1.54) is 0 Å². The van der Waals surface area contributed by atoms with E-state index in [9.17, 15) is 19.5 Å². The van der Waals surface area contributed by atoms with Crippen molar-refractivity contribution in [1.29, 1.82) is 0 Å². The molecule has 1 aliphatic rings. The van der Waals surface area contributed by atoms with E-state index < -0.39 is 24.0 Å². The van der Waals surface area contributed by atoms with Gasteiger partial charge in [-0.1, -0.05) is 97.1 Å². The standard InChI is InChI=1S/C31H25NO5/c33-29(22-13-5-2-6-14-22)32(28(30(34)35)19-21-11-3-1-4-12-21)31(36)37-20-27-25-17-9-7-15-23(25)24-16-8-10-18-26(24)27/h1-18,27-28H,19-20H2,(H,34,35)/t28-/m0/s1. The second-order valence-electron chi connectivity index (χ2n) is 8.89. The lowest BCUT2D eigenvalue weighted by atomic mass is 9.98. The minimum atomic E-state index is -1.44. The molecule has 2 amide bonds. The highest BCUT2D eigenvalue weighted by molar-refractivity contribution is 6.05. The van der Waals surface area contributed by atoms with Crippen molar-refractivity contribution in [2.24, 2.45) is 0 Å². The zero-order valence-electron chi connectivity index (χ0n) is 20.0. The summed E-state index contributed by atoms with van der Waals surface area (Å²) < 4.78 is 5.72. The molecule has 184 valence electrons. The Bertz CT molecular complexity index is 1390. The number of nitrogens with zero attached hydrogens (tertiary/aromatic N) is 1. The molecule has 0 saturated heterocycles. The zero-order valence-corrected chi connectivity index (χ0v) is 20.0. The molecule has 1 aliphatic carbocycles. The minimum Gasteiger partial charge on any atom is -0.480 e. The van der Waals surface area contributed by atoms with Crippen molar-refractivity contribution in [3.63, 3.8) is 0 Å². The van der Waals surface area contributed by atoms with Gasteiger partial charge in [-0.15, -0.1) is 0 Å². The second-order valence-corrected chi connectivity index (χ2v) is 8.89. The average Bonchev–Trinajstić information content (AvgIpc) is 3.26. The van der Waals surface area contributed by atoms with E-state index in [-0.39, 0.29) is 24.5 Å². The summed E-state index contributed by atoms with van der Waals surface area (Å²) in [5.41, 5.74) is 5.09. The molecular weight excluding hydrogens is 466 g/mol. The fourth-order valence-electron chi connectivity index (χ4n) is 4.86. The van der Waals surface area contributed by atoms with Gasteiger partial charge in [-0.25, -0.2) is 14.5 Å². The summed E-state index contributed by atoms with van der Waals surface area (Å²) in [6, 6.07) is 31.5. The zero-order chi connectivity index (χ0) is 25.8. The molecule has 0 bridgehead atoms. The Balaban J connectivity index is 1.45. The lowest BCUT2D eigenvalue weighted by Gasteiger charge is -2.27. The average molecular weight is 492 g/mol. The van der Waals surface area contributed by atoms with Crippen molar-refractivity contribution < 1.29 is 24.2 Å². The lowest BCUT2D eigenvalue weighted by Crippen LogP contribution is -2.50. The first-order chi connectivity index (χ1) is 18.0. The van der Waals surface area contributed by atoms with Crippen molar-refractivity contribution in [3.05, 3.63) is 131 Å². The van der Waals surface area contributed by atoms with E-state index in [1.54, 1.807) is 54.6 Å². The number of imide groups is 1. The molecule has 37 heavy (non-hydrogen) atoms. The van der Waals surface area contributed by atoms with Gasteiger partial charge in [0.25, 0.3) is 5.91 Å². The molecule has 4 aromatic rings. The largest absolute Gasteiger partial charge is 0.480 e. The van der Waals surface area contributed by atoms with E-state index in [2.05, 4.69) is 0 Å². The second kappa shape index (κ2) is 10.5. The van der Waals surface area contributed by atoms with E-state index in [4.69, 9.17) is 4.74 Å². The topological polar surface area (TPSA) is 83.9 Å². The van der Waals surface area contributed by atoms with Crippen LogP contribution in [0.25, 0.3) is 11.1 Å². The van der Waals surface area contributed by atoms with Crippen LogP contribution in [-0.2, 0) is 16.0 Å². The highest BCUT2D eigenvalue weighted by Gasteiger charge is 2.38. The minimum absolute atomic E-state index is 0.0247. The van der Waals surface area contributed by atoms with Crippen molar-refractivity contribution in [1.82, 2.24) is 4.90 Å². The molecule has 0 unspecified atom stereocenters. The Morgan fingerprint density at radius 1 is 0.730 bits per heavy atom. The van der Waals surface area contributed by atoms with Crippen LogP contribution in [0.15, 0.2) is 109 Å². The number of hydrogen-bond donors (Lipinski definition) is 1. The van der Waals surface area contributed by atoms with Crippen LogP contribution in [-0.4, -0.2) is 40.6 Å². The van der Waals surface area contributed by atoms with E-state index in [1.807, 2.05) is 54.6 Å². The van der Waals surface area contributed by atoms with Gasteiger partial charge < -0.3 is 9.84 Å². The van der Waals surface area contributed by atoms with Gasteiger partial charge in [-0.2, -0.15) is 0 Å². The quantitative estimate of drug-likeness (QED) is 0.355. The van der Waals surface area contributed by atoms with Crippen LogP contribution in [0.2, 0.25) is 0 Å². The monoisotopic (exact) mass is 491 g/mol. The Labute approximate surface area is 214 Å². The molecule has 6 nitrogen and oxygen atoms in total. The molecule has 0 spiro atoms. The first-order valence-electron chi connectivity index (χ1n) is 12.0. The van der Waals surface area contributed by atoms with Crippen LogP contribution in [0, 0.1) is 0 Å². The molecule has 1 atom stereocenters. The van der Waals surface area contributed by atoms with E-state index in [0.29, 0.717) is 5.56 Å². The number of carbonyl (C=O) groups is 3. The summed E-state index contributed by atoms with van der Waals surface area (Å²) in [5.74, 6) is -2.23. The third-order valence-electron chi connectivity index (χ3n) is 6.64. The SMILES string of the molecule is O=C(O)[C@H](Cc1ccccc1)N(C(=O)OCC1c2ccccc2-c2ccccc21)C(=O)c1ccccc1. The van der Waals surface area contributed by atoms with Crippen LogP contribution in [0.1, 0.15) is 33.0 Å². The molecule has 5 rings (SSSR count). The van der Waals surface area contributed by atoms with Gasteiger partial charge in [0, 0.05) is 17.9 Å². The number of hydrogen-bond acceptors (Lipinski definition) is 4. The highest BCUT2D eigenvalue weighted by atomic mass is 16.6. The van der Waals surface area contributed by atoms with Crippen LogP contribution >= 0.6 is 0 Å². The van der Waals surface area contributed by atoms with E-state index in [0.717, 1.165) is 27.2 Å². The summed E-state index contributed by atoms with van der Waals surface area (Å²) in [5, 5.41) is 10.1. The number of carbonyl (C=O) groups excluding carboxylic acids is 2. The fraction of sp³-hybridized carbons (Fsp3) is 0.129. The normalized spacial score (nSPS) is 12.8. The van der Waals surface area contributed by atoms with Gasteiger partial charge in [-0.3, -0.25) is 4.79 Å². The Morgan fingerprint density at radius 3 is 1.81 bits per heavy atom. The van der Waals surface area contributed by atoms with Gasteiger partial charge in [-0.05, 0) is 39.9 Å². The molecule has 1 N–H and O–H groups in total. The van der Waals surface area contributed by atoms with Crippen LogP contribution < -0.4 is 0 Å². The van der Waals surface area contributed by atoms with Gasteiger partial charge in [0.1, 0.15) is 12.6 Å². The smallest absolute Gasteiger partial charge is 0.417 e. The highest BCUT2D eigenvalue weighted by Crippen LogP contribution is 2.44. The molecular formula is C31H25NO5. The molecule has 4 aromatic carbocycles. The Morgan fingerprint density at radius 2 is 1.24 bits per heavy atom. The van der Waals surface area contributed by atoms with Crippen molar-refractivity contribution in [2.45, 2.75) is 18.4 Å². The number of aliphatic carboxylic acids is 1. The lowest BCUT2D eigenvalue weighted by molar-refractivity contribution is -0.141. The number of benzene rings is 4. The summed E-state index contributed by atoms with van der Waals surface area (Å²) in [7, 11) is 0. The van der Waals surface area contributed by atoms with Gasteiger partial charge in [0.05, 0.1) is 0 Å². The number of fused-ring (bicyclic) bond motifs is 3. The molecule has 0 saturated carbocycles. The fourth-order valence-corrected chi connectivity index (χ4v) is 4.86. The number of rotatable bonds is 7. The van der Waals surface area contributed by atoms with Crippen LogP contribution in [0.3, 0.4) is 0 Å². The molecule has 6 heteroatoms. The maximum atomic E-state index is 13.5. The molecule has 0 radical (unpaired) electrons. The molecule has 0 aliphatic heterocycles. The third-order valence-corrected chi connectivity index (χ3v) is 6.64. The van der Waals surface area contributed by atoms with Gasteiger partial charge >= 0.3 is 12.1 Å². The van der Waals surface area contributed by atoms with Crippen LogP contribution in [0.5, 0.6) is 0 Å². The Hall–Kier alpha value is -4.71. The summed E-state index contributed by atoms with van der Waals surface area (Å²) >= 11 is 0. The van der Waals surface area contributed by atoms with Gasteiger partial charge in [0.2, 0.25) is 0 Å². The number of carboxylic acid groups (broad SMARTS) is 1. The first kappa shape index (κ1) is 24.0. The molecule has 0 fully saturated rings. The third kappa shape index (κ3) is 4.86. The first-order valence-corrected chi connectivity index (χ1v) is 12.0. The summed E-state index contributed by atoms with van der Waals surface area (Å²) in [4.78, 5) is 40.1. The molecule has 0 aromatic heterocycles.